The smallest absolute Gasteiger partial charge is 0.278 e. The molecule has 0 bridgehead atoms. The second kappa shape index (κ2) is 9.15. The Morgan fingerprint density at radius 3 is 1.56 bits per heavy atom. The Balaban J connectivity index is 1.72. The molecule has 1 amide bonds. The summed E-state index contributed by atoms with van der Waals surface area (Å²) in [6.45, 7) is 4.09. The number of benzene rings is 3. The number of carbonyl (C=O) groups is 1. The number of amides is 1. The SMILES string of the molecule is C[C@H]([NH2+][C@H](C)C(=O)NC(c1ccccc1)c1ccccc1)c1ccccc1. The van der Waals surface area contributed by atoms with Crippen LogP contribution in [0.4, 0.5) is 0 Å². The first kappa shape index (κ1) is 18.9. The highest BCUT2D eigenvalue weighted by atomic mass is 16.2. The molecule has 3 rings (SSSR count). The van der Waals surface area contributed by atoms with Gasteiger partial charge in [0.15, 0.2) is 6.04 Å². The van der Waals surface area contributed by atoms with Gasteiger partial charge in [-0.1, -0.05) is 91.0 Å². The van der Waals surface area contributed by atoms with Crippen molar-refractivity contribution >= 4 is 5.91 Å². The summed E-state index contributed by atoms with van der Waals surface area (Å²) in [6.07, 6.45) is 0. The van der Waals surface area contributed by atoms with E-state index in [4.69, 9.17) is 0 Å². The van der Waals surface area contributed by atoms with Crippen LogP contribution in [0.1, 0.15) is 42.6 Å². The number of nitrogens with two attached hydrogens (primary N) is 1. The maximum absolute atomic E-state index is 12.9. The number of carbonyl (C=O) groups excluding carboxylic acids is 1. The largest absolute Gasteiger partial charge is 0.340 e. The Hall–Kier alpha value is -2.91. The molecular formula is C24H27N2O+. The topological polar surface area (TPSA) is 45.7 Å². The third-order valence-electron chi connectivity index (χ3n) is 4.87. The van der Waals surface area contributed by atoms with Gasteiger partial charge in [0, 0.05) is 5.56 Å². The fourth-order valence-electron chi connectivity index (χ4n) is 3.31. The van der Waals surface area contributed by atoms with E-state index in [2.05, 4.69) is 54.0 Å². The second-order valence-corrected chi connectivity index (χ2v) is 6.94. The van der Waals surface area contributed by atoms with Crippen molar-refractivity contribution in [2.45, 2.75) is 32.0 Å². The van der Waals surface area contributed by atoms with Gasteiger partial charge in [-0.3, -0.25) is 4.79 Å². The number of hydrogen-bond donors (Lipinski definition) is 2. The summed E-state index contributed by atoms with van der Waals surface area (Å²) >= 11 is 0. The Bertz CT molecular complexity index is 795. The van der Waals surface area contributed by atoms with Crippen LogP contribution in [0, 0.1) is 0 Å². The molecule has 2 atom stereocenters. The van der Waals surface area contributed by atoms with Crippen molar-refractivity contribution in [2.75, 3.05) is 0 Å². The zero-order valence-corrected chi connectivity index (χ0v) is 15.9. The van der Waals surface area contributed by atoms with Crippen LogP contribution < -0.4 is 10.6 Å². The van der Waals surface area contributed by atoms with E-state index >= 15 is 0 Å². The van der Waals surface area contributed by atoms with Gasteiger partial charge in [0.1, 0.15) is 6.04 Å². The molecule has 27 heavy (non-hydrogen) atoms. The molecule has 0 heterocycles. The van der Waals surface area contributed by atoms with Gasteiger partial charge in [-0.05, 0) is 25.0 Å². The second-order valence-electron chi connectivity index (χ2n) is 6.94. The molecule has 0 unspecified atom stereocenters. The quantitative estimate of drug-likeness (QED) is 0.665. The van der Waals surface area contributed by atoms with Crippen LogP contribution in [0.2, 0.25) is 0 Å². The molecule has 3 aromatic rings. The van der Waals surface area contributed by atoms with Crippen molar-refractivity contribution in [3.63, 3.8) is 0 Å². The van der Waals surface area contributed by atoms with Gasteiger partial charge in [0.05, 0.1) is 6.04 Å². The highest BCUT2D eigenvalue weighted by molar-refractivity contribution is 5.80. The zero-order chi connectivity index (χ0) is 19.1. The summed E-state index contributed by atoms with van der Waals surface area (Å²) < 4.78 is 0. The monoisotopic (exact) mass is 359 g/mol. The minimum absolute atomic E-state index is 0.0375. The van der Waals surface area contributed by atoms with Crippen LogP contribution in [0.3, 0.4) is 0 Å². The normalized spacial score (nSPS) is 13.1. The first-order chi connectivity index (χ1) is 13.1. The summed E-state index contributed by atoms with van der Waals surface area (Å²) in [5, 5.41) is 5.34. The van der Waals surface area contributed by atoms with E-state index in [0.29, 0.717) is 0 Å². The predicted molar refractivity (Wildman–Crippen MR) is 109 cm³/mol. The molecule has 138 valence electrons. The molecule has 3 N–H and O–H groups in total. The van der Waals surface area contributed by atoms with Crippen LogP contribution in [0.25, 0.3) is 0 Å². The zero-order valence-electron chi connectivity index (χ0n) is 15.9. The summed E-state index contributed by atoms with van der Waals surface area (Å²) in [4.78, 5) is 12.9. The fraction of sp³-hybridized carbons (Fsp3) is 0.208. The average Bonchev–Trinajstić information content (AvgIpc) is 2.73. The van der Waals surface area contributed by atoms with Gasteiger partial charge in [-0.2, -0.15) is 0 Å². The van der Waals surface area contributed by atoms with Crippen LogP contribution in [0.15, 0.2) is 91.0 Å². The number of hydrogen-bond acceptors (Lipinski definition) is 1. The van der Waals surface area contributed by atoms with Crippen molar-refractivity contribution in [3.8, 4) is 0 Å². The standard InChI is InChI=1S/C24H26N2O/c1-18(20-12-6-3-7-13-20)25-19(2)24(27)26-23(21-14-8-4-9-15-21)22-16-10-5-11-17-22/h3-19,23,25H,1-2H3,(H,26,27)/p+1/t18-,19+/m0/s1. The molecule has 0 fully saturated rings. The average molecular weight is 359 g/mol. The molecule has 0 aromatic heterocycles. The first-order valence-corrected chi connectivity index (χ1v) is 9.45. The molecule has 0 aliphatic rings. The third-order valence-corrected chi connectivity index (χ3v) is 4.87. The molecule has 0 saturated carbocycles. The van der Waals surface area contributed by atoms with Gasteiger partial charge >= 0.3 is 0 Å². The number of nitrogens with one attached hydrogen (secondary N) is 1. The molecule has 0 saturated heterocycles. The van der Waals surface area contributed by atoms with Crippen LogP contribution in [-0.4, -0.2) is 11.9 Å². The van der Waals surface area contributed by atoms with Crippen LogP contribution in [-0.2, 0) is 4.79 Å². The molecule has 0 aliphatic carbocycles. The lowest BCUT2D eigenvalue weighted by Gasteiger charge is -2.23. The Morgan fingerprint density at radius 2 is 1.11 bits per heavy atom. The van der Waals surface area contributed by atoms with E-state index in [0.717, 1.165) is 11.1 Å². The van der Waals surface area contributed by atoms with Crippen molar-refractivity contribution < 1.29 is 10.1 Å². The van der Waals surface area contributed by atoms with Gasteiger partial charge < -0.3 is 10.6 Å². The van der Waals surface area contributed by atoms with Crippen molar-refractivity contribution in [3.05, 3.63) is 108 Å². The lowest BCUT2D eigenvalue weighted by atomic mass is 9.98. The highest BCUT2D eigenvalue weighted by Crippen LogP contribution is 2.21. The highest BCUT2D eigenvalue weighted by Gasteiger charge is 2.24. The lowest BCUT2D eigenvalue weighted by molar-refractivity contribution is -0.710. The minimum atomic E-state index is -0.185. The maximum Gasteiger partial charge on any atom is 0.278 e. The lowest BCUT2D eigenvalue weighted by Crippen LogP contribution is -2.92. The molecule has 0 aliphatic heterocycles. The molecule has 0 spiro atoms. The third kappa shape index (κ3) is 5.05. The number of rotatable bonds is 7. The number of quaternary nitrogens is 1. The van der Waals surface area contributed by atoms with Crippen molar-refractivity contribution in [1.29, 1.82) is 0 Å². The fourth-order valence-corrected chi connectivity index (χ4v) is 3.31. The molecule has 3 nitrogen and oxygen atoms in total. The predicted octanol–water partition coefficient (Wildman–Crippen LogP) is 3.61. The molecule has 0 radical (unpaired) electrons. The van der Waals surface area contributed by atoms with E-state index in [-0.39, 0.29) is 24.0 Å². The van der Waals surface area contributed by atoms with E-state index in [9.17, 15) is 4.79 Å². The van der Waals surface area contributed by atoms with Gasteiger partial charge in [0.2, 0.25) is 0 Å². The van der Waals surface area contributed by atoms with E-state index < -0.39 is 0 Å². The summed E-state index contributed by atoms with van der Waals surface area (Å²) in [6, 6.07) is 30.4. The summed E-state index contributed by atoms with van der Waals surface area (Å²) in [7, 11) is 0. The van der Waals surface area contributed by atoms with E-state index in [1.54, 1.807) is 0 Å². The Kier molecular flexibility index (Phi) is 6.39. The molecular weight excluding hydrogens is 332 g/mol. The summed E-state index contributed by atoms with van der Waals surface area (Å²) in [5.74, 6) is 0.0375. The van der Waals surface area contributed by atoms with E-state index in [1.165, 1.54) is 5.56 Å². The van der Waals surface area contributed by atoms with Crippen molar-refractivity contribution in [1.82, 2.24) is 5.32 Å². The van der Waals surface area contributed by atoms with Gasteiger partial charge in [0.25, 0.3) is 5.91 Å². The Morgan fingerprint density at radius 1 is 0.704 bits per heavy atom. The van der Waals surface area contributed by atoms with Gasteiger partial charge in [-0.15, -0.1) is 0 Å². The Labute approximate surface area is 161 Å². The van der Waals surface area contributed by atoms with Crippen LogP contribution in [0.5, 0.6) is 0 Å². The molecule has 3 heteroatoms. The van der Waals surface area contributed by atoms with Crippen LogP contribution >= 0.6 is 0 Å². The summed E-state index contributed by atoms with van der Waals surface area (Å²) in [5.41, 5.74) is 3.39. The minimum Gasteiger partial charge on any atom is -0.340 e. The maximum atomic E-state index is 12.9. The van der Waals surface area contributed by atoms with E-state index in [1.807, 2.05) is 61.5 Å². The van der Waals surface area contributed by atoms with Gasteiger partial charge in [-0.25, -0.2) is 0 Å². The van der Waals surface area contributed by atoms with Crippen molar-refractivity contribution in [2.24, 2.45) is 0 Å². The first-order valence-electron chi connectivity index (χ1n) is 9.45. The molecule has 3 aromatic carbocycles.